The first-order valence-electron chi connectivity index (χ1n) is 8.31. The van der Waals surface area contributed by atoms with Crippen molar-refractivity contribution < 1.29 is 4.74 Å². The summed E-state index contributed by atoms with van der Waals surface area (Å²) in [6.45, 7) is 16.5. The Balaban J connectivity index is 2.49. The normalized spacial score (nSPS) is 13.0. The molecule has 0 saturated carbocycles. The molecule has 0 aromatic heterocycles. The molecule has 120 valence electrons. The topological polar surface area (TPSA) is 9.23 Å². The quantitative estimate of drug-likeness (QED) is 0.620. The molecule has 0 aliphatic carbocycles. The minimum absolute atomic E-state index is 0.236. The van der Waals surface area contributed by atoms with Crippen LogP contribution in [0.2, 0.25) is 0 Å². The van der Waals surface area contributed by atoms with Gasteiger partial charge in [0, 0.05) is 0 Å². The van der Waals surface area contributed by atoms with E-state index >= 15 is 0 Å². The predicted molar refractivity (Wildman–Crippen MR) is 92.9 cm³/mol. The summed E-state index contributed by atoms with van der Waals surface area (Å²) in [6.07, 6.45) is 3.92. The average molecular weight is 290 g/mol. The molecule has 1 aromatic carbocycles. The van der Waals surface area contributed by atoms with E-state index in [0.29, 0.717) is 6.10 Å². The molecule has 1 nitrogen and oxygen atoms in total. The van der Waals surface area contributed by atoms with Gasteiger partial charge in [-0.15, -0.1) is 0 Å². The van der Waals surface area contributed by atoms with Gasteiger partial charge in [0.25, 0.3) is 0 Å². The summed E-state index contributed by atoms with van der Waals surface area (Å²) in [4.78, 5) is 0. The summed E-state index contributed by atoms with van der Waals surface area (Å²) in [6, 6.07) is 9.07. The lowest BCUT2D eigenvalue weighted by Crippen LogP contribution is -2.22. The maximum absolute atomic E-state index is 5.77. The number of hydrogen-bond donors (Lipinski definition) is 0. The minimum Gasteiger partial charge on any atom is -0.378 e. The molecule has 1 heteroatoms. The summed E-state index contributed by atoms with van der Waals surface area (Å²) < 4.78 is 5.77. The monoisotopic (exact) mass is 290 g/mol. The Kier molecular flexibility index (Phi) is 6.46. The maximum atomic E-state index is 5.77. The lowest BCUT2D eigenvalue weighted by Gasteiger charge is -2.26. The minimum atomic E-state index is 0.236. The largest absolute Gasteiger partial charge is 0.378 e. The molecule has 0 bridgehead atoms. The fourth-order valence-electron chi connectivity index (χ4n) is 2.43. The Hall–Kier alpha value is -0.820. The van der Waals surface area contributed by atoms with E-state index in [1.807, 2.05) is 0 Å². The van der Waals surface area contributed by atoms with Crippen molar-refractivity contribution in [1.29, 1.82) is 0 Å². The molecule has 21 heavy (non-hydrogen) atoms. The Morgan fingerprint density at radius 3 is 2.29 bits per heavy atom. The smallest absolute Gasteiger partial charge is 0.0520 e. The van der Waals surface area contributed by atoms with E-state index in [-0.39, 0.29) is 10.8 Å². The fourth-order valence-corrected chi connectivity index (χ4v) is 2.43. The van der Waals surface area contributed by atoms with Crippen LogP contribution in [0, 0.1) is 5.41 Å². The van der Waals surface area contributed by atoms with Gasteiger partial charge in [0.2, 0.25) is 0 Å². The molecule has 0 spiro atoms. The van der Waals surface area contributed by atoms with E-state index in [1.54, 1.807) is 0 Å². The molecule has 0 amide bonds. The summed E-state index contributed by atoms with van der Waals surface area (Å²) in [5, 5.41) is 0. The maximum Gasteiger partial charge on any atom is 0.0520 e. The fraction of sp³-hybridized carbons (Fsp3) is 0.700. The van der Waals surface area contributed by atoms with Crippen molar-refractivity contribution in [1.82, 2.24) is 0 Å². The SMILES string of the molecule is CC(C)OCC(C)(C)CCCc1cccc(C(C)(C)C)c1. The Labute approximate surface area is 132 Å². The van der Waals surface area contributed by atoms with Gasteiger partial charge >= 0.3 is 0 Å². The van der Waals surface area contributed by atoms with E-state index in [9.17, 15) is 0 Å². The van der Waals surface area contributed by atoms with Crippen molar-refractivity contribution >= 4 is 0 Å². The number of aryl methyl sites for hydroxylation is 1. The van der Waals surface area contributed by atoms with Gasteiger partial charge in [0.1, 0.15) is 0 Å². The molecular formula is C20H34O. The van der Waals surface area contributed by atoms with Crippen LogP contribution >= 0.6 is 0 Å². The zero-order valence-electron chi connectivity index (χ0n) is 15.1. The molecular weight excluding hydrogens is 256 g/mol. The molecule has 0 N–H and O–H groups in total. The van der Waals surface area contributed by atoms with E-state index in [0.717, 1.165) is 13.0 Å². The predicted octanol–water partition coefficient (Wildman–Crippen LogP) is 5.76. The molecule has 0 saturated heterocycles. The van der Waals surface area contributed by atoms with E-state index < -0.39 is 0 Å². The lowest BCUT2D eigenvalue weighted by molar-refractivity contribution is 0.0175. The molecule has 0 atom stereocenters. The molecule has 0 aliphatic rings. The van der Waals surface area contributed by atoms with Gasteiger partial charge in [-0.1, -0.05) is 58.9 Å². The highest BCUT2D eigenvalue weighted by Crippen LogP contribution is 2.26. The standard InChI is InChI=1S/C20H34O/c1-16(2)21-15-20(6,7)13-9-11-17-10-8-12-18(14-17)19(3,4)5/h8,10,12,14,16H,9,11,13,15H2,1-7H3. The first-order valence-corrected chi connectivity index (χ1v) is 8.31. The second-order valence-corrected chi connectivity index (χ2v) is 8.33. The van der Waals surface area contributed by atoms with Crippen LogP contribution in [-0.4, -0.2) is 12.7 Å². The van der Waals surface area contributed by atoms with E-state index in [4.69, 9.17) is 4.74 Å². The van der Waals surface area contributed by atoms with Crippen molar-refractivity contribution in [2.24, 2.45) is 5.41 Å². The van der Waals surface area contributed by atoms with Crippen LogP contribution in [0.15, 0.2) is 24.3 Å². The van der Waals surface area contributed by atoms with Crippen LogP contribution in [-0.2, 0) is 16.6 Å². The molecule has 0 unspecified atom stereocenters. The third-order valence-electron chi connectivity index (χ3n) is 3.92. The van der Waals surface area contributed by atoms with Gasteiger partial charge in [-0.3, -0.25) is 0 Å². The van der Waals surface area contributed by atoms with Crippen molar-refractivity contribution in [2.45, 2.75) is 79.2 Å². The van der Waals surface area contributed by atoms with Gasteiger partial charge in [-0.25, -0.2) is 0 Å². The zero-order valence-corrected chi connectivity index (χ0v) is 15.1. The summed E-state index contributed by atoms with van der Waals surface area (Å²) >= 11 is 0. The highest BCUT2D eigenvalue weighted by molar-refractivity contribution is 5.28. The lowest BCUT2D eigenvalue weighted by atomic mass is 9.84. The summed E-state index contributed by atoms with van der Waals surface area (Å²) in [7, 11) is 0. The van der Waals surface area contributed by atoms with Gasteiger partial charge in [0.15, 0.2) is 0 Å². The molecule has 1 aromatic rings. The van der Waals surface area contributed by atoms with Gasteiger partial charge in [0.05, 0.1) is 12.7 Å². The molecule has 0 heterocycles. The molecule has 1 rings (SSSR count). The van der Waals surface area contributed by atoms with E-state index in [1.165, 1.54) is 24.0 Å². The van der Waals surface area contributed by atoms with Crippen LogP contribution in [0.1, 0.15) is 72.4 Å². The van der Waals surface area contributed by atoms with E-state index in [2.05, 4.69) is 72.7 Å². The van der Waals surface area contributed by atoms with Gasteiger partial charge in [-0.05, 0) is 55.1 Å². The van der Waals surface area contributed by atoms with Crippen LogP contribution in [0.3, 0.4) is 0 Å². The highest BCUT2D eigenvalue weighted by Gasteiger charge is 2.19. The van der Waals surface area contributed by atoms with Crippen molar-refractivity contribution in [3.63, 3.8) is 0 Å². The van der Waals surface area contributed by atoms with Gasteiger partial charge in [-0.2, -0.15) is 0 Å². The molecule has 0 fully saturated rings. The number of rotatable bonds is 7. The second kappa shape index (κ2) is 7.45. The van der Waals surface area contributed by atoms with Gasteiger partial charge < -0.3 is 4.74 Å². The number of benzene rings is 1. The van der Waals surface area contributed by atoms with Crippen LogP contribution in [0.25, 0.3) is 0 Å². The first-order chi connectivity index (χ1) is 9.60. The second-order valence-electron chi connectivity index (χ2n) is 8.33. The molecule has 0 radical (unpaired) electrons. The zero-order chi connectivity index (χ0) is 16.1. The third kappa shape index (κ3) is 7.13. The first kappa shape index (κ1) is 18.2. The average Bonchev–Trinajstić information content (AvgIpc) is 2.36. The highest BCUT2D eigenvalue weighted by atomic mass is 16.5. The third-order valence-corrected chi connectivity index (χ3v) is 3.92. The Morgan fingerprint density at radius 2 is 1.71 bits per heavy atom. The van der Waals surface area contributed by atoms with Crippen molar-refractivity contribution in [2.75, 3.05) is 6.61 Å². The van der Waals surface area contributed by atoms with Crippen LogP contribution in [0.4, 0.5) is 0 Å². The van der Waals surface area contributed by atoms with Crippen LogP contribution in [0.5, 0.6) is 0 Å². The number of hydrogen-bond acceptors (Lipinski definition) is 1. The van der Waals surface area contributed by atoms with Crippen LogP contribution < -0.4 is 0 Å². The van der Waals surface area contributed by atoms with Crippen molar-refractivity contribution in [3.8, 4) is 0 Å². The Bertz CT molecular complexity index is 424. The Morgan fingerprint density at radius 1 is 1.05 bits per heavy atom. The van der Waals surface area contributed by atoms with Crippen molar-refractivity contribution in [3.05, 3.63) is 35.4 Å². The summed E-state index contributed by atoms with van der Waals surface area (Å²) in [5.74, 6) is 0. The summed E-state index contributed by atoms with van der Waals surface area (Å²) in [5.41, 5.74) is 3.40. The molecule has 0 aliphatic heterocycles. The number of ether oxygens (including phenoxy) is 1.